The van der Waals surface area contributed by atoms with Gasteiger partial charge in [-0.05, 0) is 50.1 Å². The summed E-state index contributed by atoms with van der Waals surface area (Å²) in [6, 6.07) is 7.08. The summed E-state index contributed by atoms with van der Waals surface area (Å²) in [4.78, 5) is 37.1. The van der Waals surface area contributed by atoms with Crippen molar-refractivity contribution < 1.29 is 9.59 Å². The zero-order valence-electron chi connectivity index (χ0n) is 17.9. The smallest absolute Gasteiger partial charge is 0.280 e. The number of aromatic amines is 1. The first kappa shape index (κ1) is 21.4. The molecule has 1 fully saturated rings. The van der Waals surface area contributed by atoms with Gasteiger partial charge in [-0.2, -0.15) is 0 Å². The molecule has 2 amide bonds. The number of thiazole rings is 1. The van der Waals surface area contributed by atoms with E-state index in [-0.39, 0.29) is 23.9 Å². The second kappa shape index (κ2) is 8.84. The van der Waals surface area contributed by atoms with E-state index in [0.29, 0.717) is 15.7 Å². The average Bonchev–Trinajstić information content (AvgIpc) is 3.51. The van der Waals surface area contributed by atoms with Gasteiger partial charge in [0, 0.05) is 52.4 Å². The Labute approximate surface area is 195 Å². The Bertz CT molecular complexity index is 1170. The van der Waals surface area contributed by atoms with E-state index >= 15 is 0 Å². The minimum atomic E-state index is -0.173. The van der Waals surface area contributed by atoms with E-state index in [9.17, 15) is 9.59 Å². The SMILES string of the molecule is CCN1CCc2nc(C(=O)NC3CCCC3NC(=O)c3cc4cc(Cl)ccc4[nH]3)sc2C1. The van der Waals surface area contributed by atoms with Crippen LogP contribution in [-0.2, 0) is 13.0 Å². The molecule has 1 aliphatic heterocycles. The van der Waals surface area contributed by atoms with Crippen LogP contribution < -0.4 is 10.6 Å². The predicted molar refractivity (Wildman–Crippen MR) is 126 cm³/mol. The van der Waals surface area contributed by atoms with Crippen molar-refractivity contribution in [3.8, 4) is 0 Å². The number of fused-ring (bicyclic) bond motifs is 2. The maximum atomic E-state index is 12.9. The summed E-state index contributed by atoms with van der Waals surface area (Å²) in [6.07, 6.45) is 3.53. The molecule has 3 heterocycles. The van der Waals surface area contributed by atoms with Gasteiger partial charge < -0.3 is 15.6 Å². The van der Waals surface area contributed by atoms with Gasteiger partial charge in [0.2, 0.25) is 0 Å². The van der Waals surface area contributed by atoms with Gasteiger partial charge in [-0.1, -0.05) is 18.5 Å². The Morgan fingerprint density at radius 1 is 1.22 bits per heavy atom. The molecular weight excluding hydrogens is 446 g/mol. The molecule has 7 nitrogen and oxygen atoms in total. The fraction of sp³-hybridized carbons (Fsp3) is 0.435. The zero-order valence-corrected chi connectivity index (χ0v) is 19.5. The van der Waals surface area contributed by atoms with Crippen LogP contribution in [0, 0.1) is 0 Å². The topological polar surface area (TPSA) is 90.1 Å². The molecule has 2 unspecified atom stereocenters. The summed E-state index contributed by atoms with van der Waals surface area (Å²) in [5.41, 5.74) is 2.41. The Hall–Kier alpha value is -2.42. The number of nitrogens with one attached hydrogen (secondary N) is 3. The minimum absolute atomic E-state index is 0.0988. The number of rotatable bonds is 5. The second-order valence-electron chi connectivity index (χ2n) is 8.51. The minimum Gasteiger partial charge on any atom is -0.351 e. The number of likely N-dealkylation sites (N-methyl/N-ethyl adjacent to an activating group) is 1. The van der Waals surface area contributed by atoms with E-state index in [1.54, 1.807) is 12.1 Å². The highest BCUT2D eigenvalue weighted by Crippen LogP contribution is 2.26. The normalized spacial score (nSPS) is 20.9. The lowest BCUT2D eigenvalue weighted by atomic mass is 10.1. The Kier molecular flexibility index (Phi) is 5.92. The molecule has 0 bridgehead atoms. The number of halogens is 1. The standard InChI is InChI=1S/C23H26ClN5O2S/c1-2-29-9-8-18-20(12-29)32-23(28-18)22(31)27-17-5-3-4-16(17)26-21(30)19-11-13-10-14(24)6-7-15(13)25-19/h6-7,10-11,16-17,25H,2-5,8-9,12H2,1H3,(H,26,30)(H,27,31). The molecule has 3 N–H and O–H groups in total. The maximum absolute atomic E-state index is 12.9. The van der Waals surface area contributed by atoms with Crippen LogP contribution in [0.15, 0.2) is 24.3 Å². The largest absolute Gasteiger partial charge is 0.351 e. The van der Waals surface area contributed by atoms with Crippen molar-refractivity contribution in [2.75, 3.05) is 13.1 Å². The molecule has 1 saturated carbocycles. The first-order chi connectivity index (χ1) is 15.5. The highest BCUT2D eigenvalue weighted by atomic mass is 35.5. The van der Waals surface area contributed by atoms with Crippen molar-refractivity contribution >= 4 is 45.7 Å². The van der Waals surface area contributed by atoms with Gasteiger partial charge in [-0.25, -0.2) is 4.98 Å². The van der Waals surface area contributed by atoms with Gasteiger partial charge in [0.25, 0.3) is 11.8 Å². The van der Waals surface area contributed by atoms with Crippen LogP contribution >= 0.6 is 22.9 Å². The summed E-state index contributed by atoms with van der Waals surface area (Å²) < 4.78 is 0. The van der Waals surface area contributed by atoms with Crippen molar-refractivity contribution in [1.29, 1.82) is 0 Å². The van der Waals surface area contributed by atoms with E-state index in [1.165, 1.54) is 16.2 Å². The summed E-state index contributed by atoms with van der Waals surface area (Å²) in [6.45, 7) is 5.02. The number of hydrogen-bond acceptors (Lipinski definition) is 5. The molecule has 2 aromatic heterocycles. The number of hydrogen-bond donors (Lipinski definition) is 3. The number of amides is 2. The summed E-state index contributed by atoms with van der Waals surface area (Å²) in [5.74, 6) is -0.313. The van der Waals surface area contributed by atoms with Crippen LogP contribution in [-0.4, -0.2) is 51.9 Å². The molecule has 2 aliphatic rings. The van der Waals surface area contributed by atoms with E-state index in [2.05, 4.69) is 32.4 Å². The molecule has 32 heavy (non-hydrogen) atoms. The van der Waals surface area contributed by atoms with Crippen LogP contribution in [0.1, 0.15) is 57.0 Å². The first-order valence-electron chi connectivity index (χ1n) is 11.1. The van der Waals surface area contributed by atoms with Crippen molar-refractivity contribution in [2.45, 2.75) is 51.2 Å². The first-order valence-corrected chi connectivity index (χ1v) is 12.3. The lowest BCUT2D eigenvalue weighted by Crippen LogP contribution is -2.48. The van der Waals surface area contributed by atoms with Crippen LogP contribution in [0.2, 0.25) is 5.02 Å². The Morgan fingerprint density at radius 3 is 2.78 bits per heavy atom. The van der Waals surface area contributed by atoms with Gasteiger partial charge >= 0.3 is 0 Å². The van der Waals surface area contributed by atoms with Gasteiger partial charge in [0.1, 0.15) is 5.69 Å². The molecule has 0 saturated heterocycles. The van der Waals surface area contributed by atoms with Gasteiger partial charge in [-0.3, -0.25) is 14.5 Å². The van der Waals surface area contributed by atoms with Crippen LogP contribution in [0.4, 0.5) is 0 Å². The quantitative estimate of drug-likeness (QED) is 0.528. The van der Waals surface area contributed by atoms with E-state index in [1.807, 2.05) is 12.1 Å². The van der Waals surface area contributed by atoms with Crippen LogP contribution in [0.5, 0.6) is 0 Å². The summed E-state index contributed by atoms with van der Waals surface area (Å²) in [7, 11) is 0. The number of aromatic nitrogens is 2. The highest BCUT2D eigenvalue weighted by molar-refractivity contribution is 7.13. The van der Waals surface area contributed by atoms with E-state index in [4.69, 9.17) is 11.6 Å². The van der Waals surface area contributed by atoms with Crippen LogP contribution in [0.25, 0.3) is 10.9 Å². The average molecular weight is 472 g/mol. The number of carbonyl (C=O) groups is 2. The Balaban J connectivity index is 1.24. The molecule has 1 aromatic carbocycles. The van der Waals surface area contributed by atoms with E-state index in [0.717, 1.165) is 61.9 Å². The van der Waals surface area contributed by atoms with Crippen molar-refractivity contribution in [2.24, 2.45) is 0 Å². The molecule has 5 rings (SSSR count). The molecule has 168 valence electrons. The van der Waals surface area contributed by atoms with Gasteiger partial charge in [0.15, 0.2) is 5.01 Å². The van der Waals surface area contributed by atoms with Gasteiger partial charge in [-0.15, -0.1) is 11.3 Å². The number of carbonyl (C=O) groups excluding carboxylic acids is 2. The molecule has 0 radical (unpaired) electrons. The summed E-state index contributed by atoms with van der Waals surface area (Å²) in [5, 5.41) is 8.28. The predicted octanol–water partition coefficient (Wildman–Crippen LogP) is 3.74. The third kappa shape index (κ3) is 4.27. The lowest BCUT2D eigenvalue weighted by molar-refractivity contribution is 0.0889. The Morgan fingerprint density at radius 2 is 2.00 bits per heavy atom. The van der Waals surface area contributed by atoms with E-state index < -0.39 is 0 Å². The molecule has 9 heteroatoms. The monoisotopic (exact) mass is 471 g/mol. The molecule has 1 aliphatic carbocycles. The molecular formula is C23H26ClN5O2S. The highest BCUT2D eigenvalue weighted by Gasteiger charge is 2.32. The van der Waals surface area contributed by atoms with Crippen molar-refractivity contribution in [3.63, 3.8) is 0 Å². The molecule has 2 atom stereocenters. The molecule has 3 aromatic rings. The zero-order chi connectivity index (χ0) is 22.2. The fourth-order valence-electron chi connectivity index (χ4n) is 4.62. The van der Waals surface area contributed by atoms with Gasteiger partial charge in [0.05, 0.1) is 5.69 Å². The van der Waals surface area contributed by atoms with Crippen molar-refractivity contribution in [1.82, 2.24) is 25.5 Å². The van der Waals surface area contributed by atoms with Crippen LogP contribution in [0.3, 0.4) is 0 Å². The third-order valence-corrected chi connectivity index (χ3v) is 7.74. The lowest BCUT2D eigenvalue weighted by Gasteiger charge is -2.23. The molecule has 0 spiro atoms. The third-order valence-electron chi connectivity index (χ3n) is 6.43. The van der Waals surface area contributed by atoms with Crippen molar-refractivity contribution in [3.05, 3.63) is 50.6 Å². The fourth-order valence-corrected chi connectivity index (χ4v) is 5.86. The number of benzene rings is 1. The maximum Gasteiger partial charge on any atom is 0.280 e. The number of H-pyrrole nitrogens is 1. The number of nitrogens with zero attached hydrogens (tertiary/aromatic N) is 2. The second-order valence-corrected chi connectivity index (χ2v) is 10.0. The summed E-state index contributed by atoms with van der Waals surface area (Å²) >= 11 is 7.54.